The van der Waals surface area contributed by atoms with Crippen molar-refractivity contribution >= 4 is 29.5 Å². The van der Waals surface area contributed by atoms with E-state index in [9.17, 15) is 27.6 Å². The van der Waals surface area contributed by atoms with Gasteiger partial charge in [-0.25, -0.2) is 13.2 Å². The van der Waals surface area contributed by atoms with Crippen LogP contribution in [0.4, 0.5) is 18.9 Å². The van der Waals surface area contributed by atoms with Gasteiger partial charge in [0.15, 0.2) is 17.5 Å². The Kier molecular flexibility index (Phi) is 7.00. The molecule has 0 saturated carbocycles. The molecule has 2 fully saturated rings. The summed E-state index contributed by atoms with van der Waals surface area (Å²) in [7, 11) is 0. The van der Waals surface area contributed by atoms with Crippen molar-refractivity contribution in [2.75, 3.05) is 25.0 Å². The smallest absolute Gasteiger partial charge is 0.255 e. The van der Waals surface area contributed by atoms with Crippen molar-refractivity contribution in [3.05, 3.63) is 107 Å². The van der Waals surface area contributed by atoms with Gasteiger partial charge in [0.1, 0.15) is 0 Å². The summed E-state index contributed by atoms with van der Waals surface area (Å²) >= 11 is 0. The highest BCUT2D eigenvalue weighted by Gasteiger charge is 2.44. The molecule has 6 nitrogen and oxygen atoms in total. The van der Waals surface area contributed by atoms with Crippen LogP contribution in [0.3, 0.4) is 0 Å². The number of fused-ring (bicyclic) bond motifs is 1. The zero-order valence-electron chi connectivity index (χ0n) is 20.2. The molecule has 5 rings (SSSR count). The highest BCUT2D eigenvalue weighted by molar-refractivity contribution is 6.04. The van der Waals surface area contributed by atoms with Gasteiger partial charge in [0.2, 0.25) is 5.91 Å². The number of anilines is 1. The largest absolute Gasteiger partial charge is 0.336 e. The monoisotopic (exact) mass is 519 g/mol. The maximum Gasteiger partial charge on any atom is 0.255 e. The predicted molar refractivity (Wildman–Crippen MR) is 136 cm³/mol. The first kappa shape index (κ1) is 25.3. The van der Waals surface area contributed by atoms with E-state index in [4.69, 9.17) is 0 Å². The molecule has 0 bridgehead atoms. The zero-order chi connectivity index (χ0) is 26.8. The lowest BCUT2D eigenvalue weighted by Gasteiger charge is -2.24. The molecular weight excluding hydrogens is 495 g/mol. The van der Waals surface area contributed by atoms with Gasteiger partial charge in [-0.05, 0) is 66.6 Å². The molecule has 0 aliphatic carbocycles. The van der Waals surface area contributed by atoms with Gasteiger partial charge in [0.05, 0.1) is 6.04 Å². The Balaban J connectivity index is 1.20. The topological polar surface area (TPSA) is 69.7 Å². The molecule has 2 aliphatic heterocycles. The van der Waals surface area contributed by atoms with E-state index < -0.39 is 17.5 Å². The highest BCUT2D eigenvalue weighted by Crippen LogP contribution is 2.32. The fraction of sp³-hybridized carbons (Fsp3) is 0.207. The second kappa shape index (κ2) is 10.5. The van der Waals surface area contributed by atoms with Gasteiger partial charge < -0.3 is 15.1 Å². The fourth-order valence-electron chi connectivity index (χ4n) is 5.01. The zero-order valence-corrected chi connectivity index (χ0v) is 20.2. The number of rotatable bonds is 5. The Hall–Kier alpha value is -4.40. The van der Waals surface area contributed by atoms with E-state index in [0.717, 1.165) is 18.6 Å². The number of hydrogen-bond acceptors (Lipinski definition) is 3. The lowest BCUT2D eigenvalue weighted by molar-refractivity contribution is -0.126. The van der Waals surface area contributed by atoms with Gasteiger partial charge in [-0.3, -0.25) is 14.4 Å². The molecule has 0 unspecified atom stereocenters. The fourth-order valence-corrected chi connectivity index (χ4v) is 5.01. The highest BCUT2D eigenvalue weighted by atomic mass is 19.2. The lowest BCUT2D eigenvalue weighted by Crippen LogP contribution is -2.40. The number of likely N-dealkylation sites (tertiary alicyclic amines) is 2. The first-order chi connectivity index (χ1) is 18.3. The molecule has 2 saturated heterocycles. The molecule has 3 aromatic rings. The first-order valence-corrected chi connectivity index (χ1v) is 12.2. The van der Waals surface area contributed by atoms with E-state index in [1.54, 1.807) is 58.3 Å². The summed E-state index contributed by atoms with van der Waals surface area (Å²) in [6.45, 7) is 1.40. The van der Waals surface area contributed by atoms with Crippen LogP contribution in [0, 0.1) is 23.4 Å². The third-order valence-electron chi connectivity index (χ3n) is 6.97. The van der Waals surface area contributed by atoms with Crippen LogP contribution in [-0.2, 0) is 4.79 Å². The van der Waals surface area contributed by atoms with Crippen LogP contribution in [0.25, 0.3) is 6.08 Å². The van der Waals surface area contributed by atoms with Crippen LogP contribution in [-0.4, -0.2) is 53.2 Å². The Morgan fingerprint density at radius 2 is 1.55 bits per heavy atom. The summed E-state index contributed by atoms with van der Waals surface area (Å²) < 4.78 is 40.1. The minimum absolute atomic E-state index is 0.0390. The van der Waals surface area contributed by atoms with E-state index in [1.807, 2.05) is 6.07 Å². The summed E-state index contributed by atoms with van der Waals surface area (Å²) in [5, 5.41) is 2.80. The van der Waals surface area contributed by atoms with Crippen molar-refractivity contribution in [1.29, 1.82) is 0 Å². The first-order valence-electron chi connectivity index (χ1n) is 12.2. The standard InChI is InChI=1S/C29H24F3N3O3/c30-23-14-18(15-24(31)27(23)32)6-11-26(36)35-13-12-21-16-34(17-25(21)35)29(38)20-7-9-22(10-8-20)33-28(37)19-4-2-1-3-5-19/h1-11,14-15,21,25H,12-13,16-17H2,(H,33,37)/b11-6+/t21-,25+/m0/s1. The van der Waals surface area contributed by atoms with E-state index in [1.165, 1.54) is 12.2 Å². The number of carbonyl (C=O) groups excluding carboxylic acids is 3. The molecular formula is C29H24F3N3O3. The van der Waals surface area contributed by atoms with Gasteiger partial charge in [-0.2, -0.15) is 0 Å². The van der Waals surface area contributed by atoms with Gasteiger partial charge in [0.25, 0.3) is 11.8 Å². The third-order valence-corrected chi connectivity index (χ3v) is 6.97. The molecule has 2 aliphatic rings. The lowest BCUT2D eigenvalue weighted by atomic mass is 10.1. The van der Waals surface area contributed by atoms with Gasteiger partial charge in [-0.1, -0.05) is 18.2 Å². The van der Waals surface area contributed by atoms with Crippen molar-refractivity contribution in [2.45, 2.75) is 12.5 Å². The number of halogens is 3. The molecule has 3 amide bonds. The molecule has 194 valence electrons. The quantitative estimate of drug-likeness (QED) is 0.391. The number of hydrogen-bond donors (Lipinski definition) is 1. The molecule has 0 radical (unpaired) electrons. The minimum atomic E-state index is -1.56. The molecule has 2 atom stereocenters. The molecule has 3 aromatic carbocycles. The van der Waals surface area contributed by atoms with Crippen LogP contribution < -0.4 is 5.32 Å². The Bertz CT molecular complexity index is 1390. The van der Waals surface area contributed by atoms with Crippen LogP contribution in [0.2, 0.25) is 0 Å². The maximum absolute atomic E-state index is 13.4. The average molecular weight is 520 g/mol. The van der Waals surface area contributed by atoms with E-state index in [0.29, 0.717) is 36.4 Å². The number of nitrogens with one attached hydrogen (secondary N) is 1. The predicted octanol–water partition coefficient (Wildman–Crippen LogP) is 4.74. The molecule has 0 aromatic heterocycles. The molecule has 9 heteroatoms. The van der Waals surface area contributed by atoms with Crippen LogP contribution in [0.5, 0.6) is 0 Å². The van der Waals surface area contributed by atoms with Crippen molar-refractivity contribution < 1.29 is 27.6 Å². The number of amides is 3. The summed E-state index contributed by atoms with van der Waals surface area (Å²) in [5.41, 5.74) is 1.61. The van der Waals surface area contributed by atoms with Crippen molar-refractivity contribution in [3.8, 4) is 0 Å². The van der Waals surface area contributed by atoms with Gasteiger partial charge in [-0.15, -0.1) is 0 Å². The maximum atomic E-state index is 13.4. The van der Waals surface area contributed by atoms with Gasteiger partial charge in [0, 0.05) is 48.4 Å². The number of benzene rings is 3. The summed E-state index contributed by atoms with van der Waals surface area (Å²) in [4.78, 5) is 41.7. The summed E-state index contributed by atoms with van der Waals surface area (Å²) in [6.07, 6.45) is 3.19. The third kappa shape index (κ3) is 5.18. The van der Waals surface area contributed by atoms with Crippen molar-refractivity contribution in [1.82, 2.24) is 9.80 Å². The van der Waals surface area contributed by atoms with Crippen LogP contribution in [0.1, 0.15) is 32.7 Å². The van der Waals surface area contributed by atoms with E-state index in [-0.39, 0.29) is 35.2 Å². The number of carbonyl (C=O) groups is 3. The molecule has 0 spiro atoms. The molecule has 38 heavy (non-hydrogen) atoms. The second-order valence-electron chi connectivity index (χ2n) is 9.39. The average Bonchev–Trinajstić information content (AvgIpc) is 3.52. The Morgan fingerprint density at radius 1 is 0.868 bits per heavy atom. The minimum Gasteiger partial charge on any atom is -0.336 e. The Labute approximate surface area is 217 Å². The van der Waals surface area contributed by atoms with Crippen molar-refractivity contribution in [3.63, 3.8) is 0 Å². The van der Waals surface area contributed by atoms with Crippen LogP contribution >= 0.6 is 0 Å². The molecule has 2 heterocycles. The summed E-state index contributed by atoms with van der Waals surface area (Å²) in [6, 6.07) is 16.9. The Morgan fingerprint density at radius 3 is 2.24 bits per heavy atom. The van der Waals surface area contributed by atoms with Crippen molar-refractivity contribution in [2.24, 2.45) is 5.92 Å². The summed E-state index contributed by atoms with van der Waals surface area (Å²) in [5.74, 6) is -4.83. The van der Waals surface area contributed by atoms with Gasteiger partial charge >= 0.3 is 0 Å². The van der Waals surface area contributed by atoms with E-state index >= 15 is 0 Å². The SMILES string of the molecule is O=C(Nc1ccc(C(=O)N2C[C@@H]3CCN(C(=O)/C=C/c4cc(F)c(F)c(F)c4)[C@@H]3C2)cc1)c1ccccc1. The second-order valence-corrected chi connectivity index (χ2v) is 9.39. The van der Waals surface area contributed by atoms with E-state index in [2.05, 4.69) is 5.32 Å². The number of nitrogens with zero attached hydrogens (tertiary/aromatic N) is 2. The van der Waals surface area contributed by atoms with Crippen LogP contribution in [0.15, 0.2) is 72.8 Å². The molecule has 1 N–H and O–H groups in total. The normalized spacial score (nSPS) is 18.6.